The summed E-state index contributed by atoms with van der Waals surface area (Å²) in [7, 11) is -5.32. The normalized spacial score (nSPS) is 21.5. The van der Waals surface area contributed by atoms with E-state index in [4.69, 9.17) is 5.11 Å². The van der Waals surface area contributed by atoms with Crippen LogP contribution in [0, 0.1) is 0 Å². The standard InChI is InChI=1S/C5H8F3NO3S/c6-5(7,8)13(11,12)9-4(3-10)1-2-4/h9-10H,1-3H2. The van der Waals surface area contributed by atoms with Crippen molar-refractivity contribution in [2.24, 2.45) is 0 Å². The summed E-state index contributed by atoms with van der Waals surface area (Å²) in [6.45, 7) is -0.609. The lowest BCUT2D eigenvalue weighted by Gasteiger charge is -2.15. The monoisotopic (exact) mass is 219 g/mol. The van der Waals surface area contributed by atoms with Gasteiger partial charge >= 0.3 is 15.5 Å². The fourth-order valence-electron chi connectivity index (χ4n) is 0.786. The summed E-state index contributed by atoms with van der Waals surface area (Å²) in [6.07, 6.45) is 0.470. The first-order valence-electron chi connectivity index (χ1n) is 3.44. The minimum absolute atomic E-state index is 0.235. The third kappa shape index (κ3) is 2.12. The zero-order chi connectivity index (χ0) is 10.3. The van der Waals surface area contributed by atoms with Crippen molar-refractivity contribution in [1.82, 2.24) is 4.72 Å². The van der Waals surface area contributed by atoms with Crippen molar-refractivity contribution in [3.05, 3.63) is 0 Å². The van der Waals surface area contributed by atoms with Crippen LogP contribution in [0.1, 0.15) is 12.8 Å². The molecule has 0 unspecified atom stereocenters. The molecule has 2 N–H and O–H groups in total. The van der Waals surface area contributed by atoms with Gasteiger partial charge in [0.15, 0.2) is 0 Å². The Morgan fingerprint density at radius 3 is 2.08 bits per heavy atom. The van der Waals surface area contributed by atoms with E-state index in [9.17, 15) is 21.6 Å². The van der Waals surface area contributed by atoms with Gasteiger partial charge in [0.2, 0.25) is 0 Å². The van der Waals surface area contributed by atoms with Gasteiger partial charge in [-0.05, 0) is 12.8 Å². The lowest BCUT2D eigenvalue weighted by molar-refractivity contribution is -0.0454. The van der Waals surface area contributed by atoms with E-state index in [2.05, 4.69) is 0 Å². The number of aliphatic hydroxyl groups excluding tert-OH is 1. The quantitative estimate of drug-likeness (QED) is 0.699. The molecule has 0 amide bonds. The fourth-order valence-corrected chi connectivity index (χ4v) is 1.74. The van der Waals surface area contributed by atoms with Crippen molar-refractivity contribution in [2.75, 3.05) is 6.61 Å². The molecule has 0 spiro atoms. The zero-order valence-electron chi connectivity index (χ0n) is 6.43. The van der Waals surface area contributed by atoms with Gasteiger partial charge in [0.25, 0.3) is 0 Å². The average Bonchev–Trinajstić information content (AvgIpc) is 2.66. The highest BCUT2D eigenvalue weighted by Gasteiger charge is 2.54. The molecule has 8 heteroatoms. The summed E-state index contributed by atoms with van der Waals surface area (Å²) in [5.74, 6) is 0. The molecule has 78 valence electrons. The molecule has 0 atom stereocenters. The van der Waals surface area contributed by atoms with Crippen LogP contribution in [0.5, 0.6) is 0 Å². The molecule has 0 bridgehead atoms. The summed E-state index contributed by atoms with van der Waals surface area (Å²) >= 11 is 0. The molecule has 0 radical (unpaired) electrons. The van der Waals surface area contributed by atoms with Crippen LogP contribution in [0.4, 0.5) is 13.2 Å². The van der Waals surface area contributed by atoms with Crippen molar-refractivity contribution < 1.29 is 26.7 Å². The van der Waals surface area contributed by atoms with Gasteiger partial charge in [0.05, 0.1) is 12.1 Å². The SMILES string of the molecule is O=S(=O)(NC1(CO)CC1)C(F)(F)F. The molecule has 0 heterocycles. The van der Waals surface area contributed by atoms with Crippen LogP contribution in [0.25, 0.3) is 0 Å². The molecule has 0 aliphatic heterocycles. The maximum absolute atomic E-state index is 11.8. The molecule has 0 aromatic rings. The molecule has 1 aliphatic carbocycles. The van der Waals surface area contributed by atoms with E-state index in [1.54, 1.807) is 0 Å². The summed E-state index contributed by atoms with van der Waals surface area (Å²) in [6, 6.07) is 0. The Morgan fingerprint density at radius 1 is 1.38 bits per heavy atom. The van der Waals surface area contributed by atoms with Crippen molar-refractivity contribution in [3.63, 3.8) is 0 Å². The Morgan fingerprint density at radius 2 is 1.85 bits per heavy atom. The van der Waals surface area contributed by atoms with Gasteiger partial charge in [-0.1, -0.05) is 0 Å². The van der Waals surface area contributed by atoms with Crippen LogP contribution in [0.15, 0.2) is 0 Å². The van der Waals surface area contributed by atoms with Gasteiger partial charge in [0.1, 0.15) is 0 Å². The van der Waals surface area contributed by atoms with Crippen molar-refractivity contribution >= 4 is 10.0 Å². The van der Waals surface area contributed by atoms with Gasteiger partial charge in [-0.2, -0.15) is 17.9 Å². The van der Waals surface area contributed by atoms with Crippen LogP contribution in [0.2, 0.25) is 0 Å². The number of hydrogen-bond donors (Lipinski definition) is 2. The van der Waals surface area contributed by atoms with E-state index in [-0.39, 0.29) is 12.8 Å². The van der Waals surface area contributed by atoms with E-state index in [1.807, 2.05) is 0 Å². The van der Waals surface area contributed by atoms with Gasteiger partial charge in [-0.3, -0.25) is 0 Å². The fraction of sp³-hybridized carbons (Fsp3) is 1.00. The first-order chi connectivity index (χ1) is 5.72. The Bertz CT molecular complexity index is 293. The summed E-state index contributed by atoms with van der Waals surface area (Å²) < 4.78 is 57.9. The van der Waals surface area contributed by atoms with Gasteiger partial charge < -0.3 is 5.11 Å². The van der Waals surface area contributed by atoms with E-state index in [0.29, 0.717) is 0 Å². The lowest BCUT2D eigenvalue weighted by Crippen LogP contribution is -2.45. The van der Waals surface area contributed by atoms with Crippen LogP contribution in [-0.4, -0.2) is 31.2 Å². The molecule has 1 saturated carbocycles. The Balaban J connectivity index is 2.74. The second-order valence-electron chi connectivity index (χ2n) is 2.99. The molecular weight excluding hydrogens is 211 g/mol. The molecule has 4 nitrogen and oxygen atoms in total. The first kappa shape index (κ1) is 10.7. The zero-order valence-corrected chi connectivity index (χ0v) is 7.24. The molecule has 0 aromatic carbocycles. The smallest absolute Gasteiger partial charge is 0.394 e. The minimum Gasteiger partial charge on any atom is -0.394 e. The third-order valence-electron chi connectivity index (χ3n) is 1.81. The third-order valence-corrected chi connectivity index (χ3v) is 3.12. The number of aliphatic hydroxyl groups is 1. The Kier molecular flexibility index (Phi) is 2.33. The highest BCUT2D eigenvalue weighted by Crippen LogP contribution is 2.37. The number of nitrogens with one attached hydrogen (secondary N) is 1. The highest BCUT2D eigenvalue weighted by molar-refractivity contribution is 7.90. The average molecular weight is 219 g/mol. The highest BCUT2D eigenvalue weighted by atomic mass is 32.2. The van der Waals surface area contributed by atoms with Gasteiger partial charge in [-0.25, -0.2) is 8.42 Å². The van der Waals surface area contributed by atoms with Crippen LogP contribution < -0.4 is 4.72 Å². The van der Waals surface area contributed by atoms with Crippen molar-refractivity contribution in [1.29, 1.82) is 0 Å². The minimum atomic E-state index is -5.32. The van der Waals surface area contributed by atoms with E-state index in [1.165, 1.54) is 4.72 Å². The van der Waals surface area contributed by atoms with Crippen LogP contribution in [-0.2, 0) is 10.0 Å². The maximum atomic E-state index is 11.8. The van der Waals surface area contributed by atoms with Crippen molar-refractivity contribution in [3.8, 4) is 0 Å². The predicted molar refractivity (Wildman–Crippen MR) is 37.2 cm³/mol. The second-order valence-corrected chi connectivity index (χ2v) is 4.66. The number of alkyl halides is 3. The van der Waals surface area contributed by atoms with E-state index >= 15 is 0 Å². The van der Waals surface area contributed by atoms with Gasteiger partial charge in [-0.15, -0.1) is 0 Å². The summed E-state index contributed by atoms with van der Waals surface area (Å²) in [4.78, 5) is 0. The first-order valence-corrected chi connectivity index (χ1v) is 4.92. The Labute approximate surface area is 72.8 Å². The molecule has 0 saturated heterocycles. The number of sulfonamides is 1. The molecule has 13 heavy (non-hydrogen) atoms. The van der Waals surface area contributed by atoms with E-state index < -0.39 is 27.7 Å². The van der Waals surface area contributed by atoms with E-state index in [0.717, 1.165) is 0 Å². The topological polar surface area (TPSA) is 66.4 Å². The molecular formula is C5H8F3NO3S. The Hall–Kier alpha value is -0.340. The predicted octanol–water partition coefficient (Wildman–Crippen LogP) is -0.0495. The summed E-state index contributed by atoms with van der Waals surface area (Å²) in [5, 5.41) is 8.59. The van der Waals surface area contributed by atoms with Crippen LogP contribution in [0.3, 0.4) is 0 Å². The summed E-state index contributed by atoms with van der Waals surface area (Å²) in [5.41, 5.74) is -6.58. The number of halogens is 3. The molecule has 1 aliphatic rings. The second kappa shape index (κ2) is 2.82. The maximum Gasteiger partial charge on any atom is 0.511 e. The van der Waals surface area contributed by atoms with Crippen molar-refractivity contribution in [2.45, 2.75) is 23.9 Å². The lowest BCUT2D eigenvalue weighted by atomic mass is 10.3. The number of hydrogen-bond acceptors (Lipinski definition) is 3. The molecule has 0 aromatic heterocycles. The van der Waals surface area contributed by atoms with Gasteiger partial charge in [0, 0.05) is 0 Å². The largest absolute Gasteiger partial charge is 0.511 e. The molecule has 1 fully saturated rings. The number of rotatable bonds is 3. The molecule has 1 rings (SSSR count). The van der Waals surface area contributed by atoms with Crippen LogP contribution >= 0.6 is 0 Å².